The molecule has 1 aliphatic heterocycles. The van der Waals surface area contributed by atoms with Gasteiger partial charge in [-0.15, -0.1) is 0 Å². The van der Waals surface area contributed by atoms with Crippen LogP contribution in [0.15, 0.2) is 12.2 Å². The van der Waals surface area contributed by atoms with Gasteiger partial charge in [0.2, 0.25) is 23.6 Å². The summed E-state index contributed by atoms with van der Waals surface area (Å²) in [5.41, 5.74) is 0. The highest BCUT2D eigenvalue weighted by Gasteiger charge is 2.51. The van der Waals surface area contributed by atoms with Crippen LogP contribution in [0.5, 0.6) is 0 Å². The van der Waals surface area contributed by atoms with Crippen LogP contribution in [0.1, 0.15) is 65.2 Å². The first-order chi connectivity index (χ1) is 13.9. The molecule has 0 aromatic rings. The highest BCUT2D eigenvalue weighted by Crippen LogP contribution is 2.37. The van der Waals surface area contributed by atoms with Crippen LogP contribution < -0.4 is 10.6 Å². The lowest BCUT2D eigenvalue weighted by molar-refractivity contribution is -0.148. The van der Waals surface area contributed by atoms with E-state index in [0.29, 0.717) is 19.3 Å². The van der Waals surface area contributed by atoms with E-state index in [9.17, 15) is 19.2 Å². The Balaban J connectivity index is 1.62. The quantitative estimate of drug-likeness (QED) is 0.501. The van der Waals surface area contributed by atoms with Crippen molar-refractivity contribution < 1.29 is 19.2 Å². The van der Waals surface area contributed by atoms with E-state index in [4.69, 9.17) is 0 Å². The van der Waals surface area contributed by atoms with Crippen molar-refractivity contribution in [1.82, 2.24) is 15.5 Å². The molecule has 4 amide bonds. The fourth-order valence-electron chi connectivity index (χ4n) is 4.72. The van der Waals surface area contributed by atoms with Crippen molar-refractivity contribution in [3.63, 3.8) is 0 Å². The second-order valence-corrected chi connectivity index (χ2v) is 8.97. The van der Waals surface area contributed by atoms with Crippen molar-refractivity contribution in [2.24, 2.45) is 17.8 Å². The van der Waals surface area contributed by atoms with E-state index in [0.717, 1.165) is 25.7 Å². The number of fused-ring (bicyclic) bond motifs is 1. The van der Waals surface area contributed by atoms with E-state index < -0.39 is 11.9 Å². The number of allylic oxidation sites excluding steroid dienone is 2. The molecule has 0 spiro atoms. The summed E-state index contributed by atoms with van der Waals surface area (Å²) in [4.78, 5) is 52.1. The molecule has 3 rings (SSSR count). The highest BCUT2D eigenvalue weighted by atomic mass is 16.2. The van der Waals surface area contributed by atoms with Crippen LogP contribution in [-0.2, 0) is 19.2 Å². The lowest BCUT2D eigenvalue weighted by Gasteiger charge is -2.27. The minimum Gasteiger partial charge on any atom is -0.352 e. The Hall–Kier alpha value is -2.18. The first-order valence-electron chi connectivity index (χ1n) is 11.0. The van der Waals surface area contributed by atoms with Crippen LogP contribution in [0.25, 0.3) is 0 Å². The molecule has 0 radical (unpaired) electrons. The summed E-state index contributed by atoms with van der Waals surface area (Å²) in [5.74, 6) is -1.73. The van der Waals surface area contributed by atoms with Crippen LogP contribution in [0, 0.1) is 17.8 Å². The molecule has 2 N–H and O–H groups in total. The zero-order valence-electron chi connectivity index (χ0n) is 17.5. The largest absolute Gasteiger partial charge is 0.352 e. The monoisotopic (exact) mass is 403 g/mol. The maximum atomic E-state index is 12.9. The molecular weight excluding hydrogens is 370 g/mol. The Kier molecular flexibility index (Phi) is 7.09. The molecule has 3 unspecified atom stereocenters. The van der Waals surface area contributed by atoms with Crippen LogP contribution in [0.2, 0.25) is 0 Å². The molecule has 160 valence electrons. The van der Waals surface area contributed by atoms with Gasteiger partial charge >= 0.3 is 0 Å². The predicted octanol–water partition coefficient (Wildman–Crippen LogP) is 1.92. The molecular formula is C22H33N3O4. The van der Waals surface area contributed by atoms with Gasteiger partial charge in [0.05, 0.1) is 18.4 Å². The maximum Gasteiger partial charge on any atom is 0.243 e. The SMILES string of the molecule is CC(C)CC(C(=O)NCC(=O)NC1CCCCC1)N1C(=O)C2CC=CCC2C1=O. The fourth-order valence-corrected chi connectivity index (χ4v) is 4.72. The number of hydrogen-bond acceptors (Lipinski definition) is 4. The van der Waals surface area contributed by atoms with E-state index in [1.807, 2.05) is 26.0 Å². The minimum absolute atomic E-state index is 0.128. The number of amides is 4. The maximum absolute atomic E-state index is 12.9. The van der Waals surface area contributed by atoms with Gasteiger partial charge in [-0.2, -0.15) is 0 Å². The number of imide groups is 1. The van der Waals surface area contributed by atoms with Gasteiger partial charge in [-0.25, -0.2) is 0 Å². The lowest BCUT2D eigenvalue weighted by atomic mass is 9.85. The van der Waals surface area contributed by atoms with Crippen molar-refractivity contribution in [3.8, 4) is 0 Å². The minimum atomic E-state index is -0.858. The molecule has 0 bridgehead atoms. The topological polar surface area (TPSA) is 95.6 Å². The third-order valence-corrected chi connectivity index (χ3v) is 6.24. The summed E-state index contributed by atoms with van der Waals surface area (Å²) in [6.45, 7) is 3.78. The van der Waals surface area contributed by atoms with Gasteiger partial charge in [0.15, 0.2) is 0 Å². The molecule has 7 nitrogen and oxygen atoms in total. The summed E-state index contributed by atoms with van der Waals surface area (Å²) >= 11 is 0. The van der Waals surface area contributed by atoms with Crippen LogP contribution >= 0.6 is 0 Å². The van der Waals surface area contributed by atoms with Gasteiger partial charge in [0, 0.05) is 6.04 Å². The van der Waals surface area contributed by atoms with Crippen molar-refractivity contribution in [2.45, 2.75) is 77.3 Å². The molecule has 7 heteroatoms. The molecule has 1 heterocycles. The van der Waals surface area contributed by atoms with Gasteiger partial charge in [-0.05, 0) is 38.0 Å². The Labute approximate surface area is 172 Å². The number of carbonyl (C=O) groups is 4. The fraction of sp³-hybridized carbons (Fsp3) is 0.727. The number of nitrogens with one attached hydrogen (secondary N) is 2. The van der Waals surface area contributed by atoms with Crippen molar-refractivity contribution in [1.29, 1.82) is 0 Å². The third-order valence-electron chi connectivity index (χ3n) is 6.24. The van der Waals surface area contributed by atoms with Crippen molar-refractivity contribution in [2.75, 3.05) is 6.54 Å². The molecule has 0 aromatic carbocycles. The van der Waals surface area contributed by atoms with E-state index in [2.05, 4.69) is 10.6 Å². The highest BCUT2D eigenvalue weighted by molar-refractivity contribution is 6.08. The van der Waals surface area contributed by atoms with Gasteiger partial charge in [-0.1, -0.05) is 45.3 Å². The molecule has 1 saturated carbocycles. The number of carbonyl (C=O) groups excluding carboxylic acids is 4. The second-order valence-electron chi connectivity index (χ2n) is 8.97. The van der Waals surface area contributed by atoms with E-state index >= 15 is 0 Å². The van der Waals surface area contributed by atoms with E-state index in [-0.39, 0.29) is 48.1 Å². The van der Waals surface area contributed by atoms with Gasteiger partial charge in [-0.3, -0.25) is 24.1 Å². The number of likely N-dealkylation sites (tertiary alicyclic amines) is 1. The molecule has 3 aliphatic rings. The standard InChI is InChI=1S/C22H33N3O4/c1-14(2)12-18(25-21(28)16-10-6-7-11-17(16)22(25)29)20(27)23-13-19(26)24-15-8-4-3-5-9-15/h6-7,14-18H,3-5,8-13H2,1-2H3,(H,23,27)(H,24,26). The van der Waals surface area contributed by atoms with E-state index in [1.54, 1.807) is 0 Å². The summed E-state index contributed by atoms with van der Waals surface area (Å²) in [6, 6.07) is -0.681. The van der Waals surface area contributed by atoms with E-state index in [1.165, 1.54) is 11.3 Å². The summed E-state index contributed by atoms with van der Waals surface area (Å²) in [6.07, 6.45) is 10.7. The summed E-state index contributed by atoms with van der Waals surface area (Å²) in [5, 5.41) is 5.64. The molecule has 2 fully saturated rings. The zero-order valence-corrected chi connectivity index (χ0v) is 17.5. The average Bonchev–Trinajstić information content (AvgIpc) is 2.96. The first-order valence-corrected chi connectivity index (χ1v) is 11.0. The van der Waals surface area contributed by atoms with Gasteiger partial charge in [0.1, 0.15) is 6.04 Å². The number of hydrogen-bond donors (Lipinski definition) is 2. The normalized spacial score (nSPS) is 25.8. The zero-order chi connectivity index (χ0) is 21.0. The van der Waals surface area contributed by atoms with Crippen LogP contribution in [0.4, 0.5) is 0 Å². The third kappa shape index (κ3) is 5.06. The number of nitrogens with zero attached hydrogens (tertiary/aromatic N) is 1. The summed E-state index contributed by atoms with van der Waals surface area (Å²) < 4.78 is 0. The number of rotatable bonds is 7. The molecule has 29 heavy (non-hydrogen) atoms. The summed E-state index contributed by atoms with van der Waals surface area (Å²) in [7, 11) is 0. The second kappa shape index (κ2) is 9.55. The van der Waals surface area contributed by atoms with Crippen molar-refractivity contribution >= 4 is 23.6 Å². The van der Waals surface area contributed by atoms with Crippen molar-refractivity contribution in [3.05, 3.63) is 12.2 Å². The molecule has 3 atom stereocenters. The molecule has 0 aromatic heterocycles. The lowest BCUT2D eigenvalue weighted by Crippen LogP contribution is -2.52. The molecule has 2 aliphatic carbocycles. The predicted molar refractivity (Wildman–Crippen MR) is 108 cm³/mol. The Morgan fingerprint density at radius 1 is 1.03 bits per heavy atom. The Morgan fingerprint density at radius 2 is 1.62 bits per heavy atom. The Bertz CT molecular complexity index is 656. The van der Waals surface area contributed by atoms with Crippen LogP contribution in [-0.4, -0.2) is 47.2 Å². The average molecular weight is 404 g/mol. The Morgan fingerprint density at radius 3 is 2.17 bits per heavy atom. The smallest absolute Gasteiger partial charge is 0.243 e. The van der Waals surface area contributed by atoms with Gasteiger partial charge < -0.3 is 10.6 Å². The van der Waals surface area contributed by atoms with Gasteiger partial charge in [0.25, 0.3) is 0 Å². The van der Waals surface area contributed by atoms with Crippen LogP contribution in [0.3, 0.4) is 0 Å². The first kappa shape index (κ1) is 21.5. The molecule has 1 saturated heterocycles.